The molecule has 0 heterocycles. The monoisotopic (exact) mass is 295 g/mol. The Balaban J connectivity index is 2.33. The predicted octanol–water partition coefficient (Wildman–Crippen LogP) is 2.43. The average Bonchev–Trinajstić information content (AvgIpc) is 2.41. The Kier molecular flexibility index (Phi) is 4.06. The van der Waals surface area contributed by atoms with Crippen molar-refractivity contribution >= 4 is 15.7 Å². The zero-order valence-electron chi connectivity index (χ0n) is 10.8. The Morgan fingerprint density at radius 3 is 2.40 bits per heavy atom. The molecule has 0 aliphatic rings. The summed E-state index contributed by atoms with van der Waals surface area (Å²) in [6.45, 7) is 1.56. The lowest BCUT2D eigenvalue weighted by Gasteiger charge is -2.10. The minimum absolute atomic E-state index is 0.0523. The molecule has 0 amide bonds. The first-order valence-electron chi connectivity index (χ1n) is 5.91. The minimum Gasteiger partial charge on any atom is -0.392 e. The summed E-state index contributed by atoms with van der Waals surface area (Å²) in [4.78, 5) is 0.0523. The van der Waals surface area contributed by atoms with E-state index in [0.29, 0.717) is 5.56 Å². The predicted molar refractivity (Wildman–Crippen MR) is 74.3 cm³/mol. The number of hydrogen-bond acceptors (Lipinski definition) is 3. The van der Waals surface area contributed by atoms with Crippen molar-refractivity contribution in [1.82, 2.24) is 0 Å². The highest BCUT2D eigenvalue weighted by molar-refractivity contribution is 7.92. The number of halogens is 1. The molecule has 106 valence electrons. The number of aliphatic hydroxyl groups is 1. The van der Waals surface area contributed by atoms with Gasteiger partial charge in [-0.15, -0.1) is 0 Å². The summed E-state index contributed by atoms with van der Waals surface area (Å²) in [7, 11) is -3.76. The van der Waals surface area contributed by atoms with Gasteiger partial charge in [-0.25, -0.2) is 12.8 Å². The van der Waals surface area contributed by atoms with Crippen molar-refractivity contribution in [1.29, 1.82) is 0 Å². The summed E-state index contributed by atoms with van der Waals surface area (Å²) in [5, 5.41) is 9.17. The zero-order chi connectivity index (χ0) is 14.8. The third-order valence-corrected chi connectivity index (χ3v) is 4.28. The number of rotatable bonds is 4. The molecule has 0 saturated heterocycles. The lowest BCUT2D eigenvalue weighted by atomic mass is 10.1. The molecule has 6 heteroatoms. The lowest BCUT2D eigenvalue weighted by Crippen LogP contribution is -2.13. The first kappa shape index (κ1) is 14.5. The van der Waals surface area contributed by atoms with Crippen molar-refractivity contribution in [2.75, 3.05) is 4.72 Å². The Morgan fingerprint density at radius 2 is 1.80 bits per heavy atom. The molecule has 0 unspecified atom stereocenters. The summed E-state index contributed by atoms with van der Waals surface area (Å²) < 4.78 is 39.5. The van der Waals surface area contributed by atoms with Gasteiger partial charge in [-0.3, -0.25) is 4.72 Å². The van der Waals surface area contributed by atoms with E-state index in [-0.39, 0.29) is 17.2 Å². The minimum atomic E-state index is -3.76. The van der Waals surface area contributed by atoms with E-state index in [0.717, 1.165) is 5.56 Å². The van der Waals surface area contributed by atoms with Crippen LogP contribution in [0.25, 0.3) is 0 Å². The van der Waals surface area contributed by atoms with Crippen LogP contribution in [0.3, 0.4) is 0 Å². The summed E-state index contributed by atoms with van der Waals surface area (Å²) in [5.41, 5.74) is 1.64. The maximum Gasteiger partial charge on any atom is 0.261 e. The van der Waals surface area contributed by atoms with Crippen LogP contribution in [0.15, 0.2) is 47.4 Å². The van der Waals surface area contributed by atoms with E-state index in [9.17, 15) is 17.9 Å². The summed E-state index contributed by atoms with van der Waals surface area (Å²) in [6, 6.07) is 9.53. The molecule has 0 aliphatic heterocycles. The normalized spacial score (nSPS) is 11.3. The van der Waals surface area contributed by atoms with Gasteiger partial charge in [0.2, 0.25) is 0 Å². The van der Waals surface area contributed by atoms with Gasteiger partial charge in [-0.2, -0.15) is 0 Å². The summed E-state index contributed by atoms with van der Waals surface area (Å²) >= 11 is 0. The molecule has 2 rings (SSSR count). The number of aliphatic hydroxyl groups excluding tert-OH is 1. The molecule has 2 aromatic rings. The van der Waals surface area contributed by atoms with E-state index >= 15 is 0 Å². The van der Waals surface area contributed by atoms with Crippen molar-refractivity contribution in [3.05, 3.63) is 59.4 Å². The highest BCUT2D eigenvalue weighted by Crippen LogP contribution is 2.19. The molecule has 2 aromatic carbocycles. The molecule has 4 nitrogen and oxygen atoms in total. The van der Waals surface area contributed by atoms with Crippen molar-refractivity contribution in [3.63, 3.8) is 0 Å². The third kappa shape index (κ3) is 3.15. The molecule has 0 aliphatic carbocycles. The number of benzene rings is 2. The van der Waals surface area contributed by atoms with Gasteiger partial charge in [-0.1, -0.05) is 6.07 Å². The van der Waals surface area contributed by atoms with Gasteiger partial charge in [-0.05, 0) is 54.4 Å². The molecule has 0 spiro atoms. The second kappa shape index (κ2) is 5.60. The molecular weight excluding hydrogens is 281 g/mol. The molecule has 0 aromatic heterocycles. The SMILES string of the molecule is Cc1ccc(S(=O)(=O)Nc2ccc(F)cc2)cc1CO. The maximum absolute atomic E-state index is 12.8. The molecule has 0 atom stereocenters. The number of aryl methyl sites for hydroxylation is 1. The molecule has 0 fully saturated rings. The van der Waals surface area contributed by atoms with Crippen LogP contribution in [-0.2, 0) is 16.6 Å². The summed E-state index contributed by atoms with van der Waals surface area (Å²) in [6.07, 6.45) is 0. The molecule has 0 bridgehead atoms. The van der Waals surface area contributed by atoms with E-state index in [1.54, 1.807) is 13.0 Å². The van der Waals surface area contributed by atoms with Gasteiger partial charge in [0.15, 0.2) is 0 Å². The number of anilines is 1. The smallest absolute Gasteiger partial charge is 0.261 e. The van der Waals surface area contributed by atoms with E-state index in [1.165, 1.54) is 36.4 Å². The van der Waals surface area contributed by atoms with E-state index in [1.807, 2.05) is 0 Å². The molecule has 20 heavy (non-hydrogen) atoms. The fourth-order valence-corrected chi connectivity index (χ4v) is 2.83. The first-order valence-corrected chi connectivity index (χ1v) is 7.39. The van der Waals surface area contributed by atoms with Gasteiger partial charge >= 0.3 is 0 Å². The van der Waals surface area contributed by atoms with E-state index in [4.69, 9.17) is 0 Å². The third-order valence-electron chi connectivity index (χ3n) is 2.90. The number of sulfonamides is 1. The average molecular weight is 295 g/mol. The van der Waals surface area contributed by atoms with Gasteiger partial charge in [0.05, 0.1) is 11.5 Å². The van der Waals surface area contributed by atoms with Crippen LogP contribution in [-0.4, -0.2) is 13.5 Å². The zero-order valence-corrected chi connectivity index (χ0v) is 11.6. The van der Waals surface area contributed by atoms with E-state index in [2.05, 4.69) is 4.72 Å². The molecule has 0 radical (unpaired) electrons. The Hall–Kier alpha value is -1.92. The highest BCUT2D eigenvalue weighted by Gasteiger charge is 2.15. The highest BCUT2D eigenvalue weighted by atomic mass is 32.2. The number of hydrogen-bond donors (Lipinski definition) is 2. The summed E-state index contributed by atoms with van der Waals surface area (Å²) in [5.74, 6) is -0.439. The first-order chi connectivity index (χ1) is 9.42. The van der Waals surface area contributed by atoms with Crippen LogP contribution in [0.1, 0.15) is 11.1 Å². The largest absolute Gasteiger partial charge is 0.392 e. The van der Waals surface area contributed by atoms with Crippen LogP contribution >= 0.6 is 0 Å². The van der Waals surface area contributed by atoms with Crippen LogP contribution in [0.4, 0.5) is 10.1 Å². The number of nitrogens with one attached hydrogen (secondary N) is 1. The Labute approximate surface area is 116 Å². The second-order valence-electron chi connectivity index (χ2n) is 4.36. The maximum atomic E-state index is 12.8. The molecular formula is C14H14FNO3S. The van der Waals surface area contributed by atoms with Gasteiger partial charge in [0, 0.05) is 5.69 Å². The van der Waals surface area contributed by atoms with Crippen molar-refractivity contribution in [2.24, 2.45) is 0 Å². The molecule has 2 N–H and O–H groups in total. The van der Waals surface area contributed by atoms with Crippen molar-refractivity contribution in [2.45, 2.75) is 18.4 Å². The topological polar surface area (TPSA) is 66.4 Å². The van der Waals surface area contributed by atoms with Crippen LogP contribution < -0.4 is 4.72 Å². The lowest BCUT2D eigenvalue weighted by molar-refractivity contribution is 0.281. The van der Waals surface area contributed by atoms with Crippen LogP contribution in [0, 0.1) is 12.7 Å². The fraction of sp³-hybridized carbons (Fsp3) is 0.143. The Morgan fingerprint density at radius 1 is 1.15 bits per heavy atom. The second-order valence-corrected chi connectivity index (χ2v) is 6.04. The standard InChI is InChI=1S/C14H14FNO3S/c1-10-2-7-14(8-11(10)9-17)20(18,19)16-13-5-3-12(15)4-6-13/h2-8,16-17H,9H2,1H3. The van der Waals surface area contributed by atoms with Gasteiger partial charge in [0.1, 0.15) is 5.82 Å². The van der Waals surface area contributed by atoms with Gasteiger partial charge < -0.3 is 5.11 Å². The quantitative estimate of drug-likeness (QED) is 0.910. The fourth-order valence-electron chi connectivity index (χ4n) is 1.72. The van der Waals surface area contributed by atoms with Crippen molar-refractivity contribution in [3.8, 4) is 0 Å². The Bertz CT molecular complexity index is 712. The van der Waals surface area contributed by atoms with Crippen molar-refractivity contribution < 1.29 is 17.9 Å². The van der Waals surface area contributed by atoms with Crippen LogP contribution in [0.5, 0.6) is 0 Å². The van der Waals surface area contributed by atoms with Crippen LogP contribution in [0.2, 0.25) is 0 Å². The van der Waals surface area contributed by atoms with Gasteiger partial charge in [0.25, 0.3) is 10.0 Å². The van der Waals surface area contributed by atoms with E-state index < -0.39 is 15.8 Å². The molecule has 0 saturated carbocycles.